The molecule has 4 nitrogen and oxygen atoms in total. The van der Waals surface area contributed by atoms with Gasteiger partial charge in [0.05, 0.1) is 12.2 Å². The van der Waals surface area contributed by atoms with Crippen LogP contribution in [0.1, 0.15) is 12.5 Å². The molecule has 0 aliphatic heterocycles. The molecule has 0 unspecified atom stereocenters. The molecule has 0 bridgehead atoms. The van der Waals surface area contributed by atoms with Crippen LogP contribution in [0.3, 0.4) is 0 Å². The Hall–Kier alpha value is -1.79. The Labute approximate surface area is 147 Å². The number of aromatic nitrogens is 2. The monoisotopic (exact) mass is 390 g/mol. The number of benzene rings is 2. The van der Waals surface area contributed by atoms with E-state index in [4.69, 9.17) is 9.15 Å². The summed E-state index contributed by atoms with van der Waals surface area (Å²) in [6, 6.07) is 15.8. The molecule has 3 aromatic rings. The first-order valence-corrected chi connectivity index (χ1v) is 8.97. The van der Waals surface area contributed by atoms with Gasteiger partial charge in [-0.3, -0.25) is 0 Å². The maximum absolute atomic E-state index is 5.75. The average molecular weight is 391 g/mol. The Morgan fingerprint density at radius 2 is 1.87 bits per heavy atom. The highest BCUT2D eigenvalue weighted by Crippen LogP contribution is 2.31. The van der Waals surface area contributed by atoms with E-state index >= 15 is 0 Å². The van der Waals surface area contributed by atoms with E-state index in [2.05, 4.69) is 38.3 Å². The van der Waals surface area contributed by atoms with Crippen molar-refractivity contribution in [2.75, 3.05) is 6.61 Å². The molecule has 0 spiro atoms. The zero-order valence-electron chi connectivity index (χ0n) is 12.5. The van der Waals surface area contributed by atoms with E-state index in [1.807, 2.05) is 43.3 Å². The summed E-state index contributed by atoms with van der Waals surface area (Å²) in [6.45, 7) is 2.54. The maximum Gasteiger partial charge on any atom is 0.277 e. The molecular weight excluding hydrogens is 376 g/mol. The second-order valence-corrected chi connectivity index (χ2v) is 6.56. The summed E-state index contributed by atoms with van der Waals surface area (Å²) in [5.41, 5.74) is 2.02. The molecule has 23 heavy (non-hydrogen) atoms. The molecule has 3 rings (SSSR count). The molecule has 6 heteroatoms. The zero-order chi connectivity index (χ0) is 16.1. The molecule has 0 fully saturated rings. The lowest BCUT2D eigenvalue weighted by molar-refractivity contribution is 0.340. The minimum absolute atomic E-state index is 0.479. The van der Waals surface area contributed by atoms with Crippen LogP contribution in [0.25, 0.3) is 11.5 Å². The Kier molecular flexibility index (Phi) is 5.35. The summed E-state index contributed by atoms with van der Waals surface area (Å²) >= 11 is 4.95. The van der Waals surface area contributed by atoms with Crippen LogP contribution in [-0.4, -0.2) is 16.8 Å². The van der Waals surface area contributed by atoms with Crippen molar-refractivity contribution in [3.8, 4) is 17.2 Å². The fourth-order valence-electron chi connectivity index (χ4n) is 2.03. The van der Waals surface area contributed by atoms with Gasteiger partial charge in [0.25, 0.3) is 11.1 Å². The van der Waals surface area contributed by atoms with Gasteiger partial charge in [-0.2, -0.15) is 0 Å². The molecule has 0 saturated carbocycles. The van der Waals surface area contributed by atoms with Gasteiger partial charge in [-0.15, -0.1) is 10.2 Å². The zero-order valence-corrected chi connectivity index (χ0v) is 14.9. The molecule has 0 aliphatic rings. The highest BCUT2D eigenvalue weighted by atomic mass is 79.9. The number of nitrogens with zero attached hydrogens (tertiary/aromatic N) is 2. The average Bonchev–Trinajstić information content (AvgIpc) is 3.04. The van der Waals surface area contributed by atoms with Crippen molar-refractivity contribution >= 4 is 27.7 Å². The SMILES string of the molecule is CCOc1ccccc1-c1nnc(SCc2ccc(Br)cc2)o1. The number of ether oxygens (including phenoxy) is 1. The van der Waals surface area contributed by atoms with E-state index in [-0.39, 0.29) is 0 Å². The second kappa shape index (κ2) is 7.66. The molecule has 0 N–H and O–H groups in total. The smallest absolute Gasteiger partial charge is 0.277 e. The third-order valence-electron chi connectivity index (χ3n) is 3.10. The maximum atomic E-state index is 5.75. The third-order valence-corrected chi connectivity index (χ3v) is 4.52. The van der Waals surface area contributed by atoms with Gasteiger partial charge in [-0.25, -0.2) is 0 Å². The number of halogens is 1. The van der Waals surface area contributed by atoms with Crippen LogP contribution in [0.2, 0.25) is 0 Å². The molecule has 0 aliphatic carbocycles. The van der Waals surface area contributed by atoms with Gasteiger partial charge in [0.1, 0.15) is 5.75 Å². The molecule has 2 aromatic carbocycles. The predicted molar refractivity (Wildman–Crippen MR) is 94.6 cm³/mol. The minimum Gasteiger partial charge on any atom is -0.493 e. The van der Waals surface area contributed by atoms with E-state index in [1.165, 1.54) is 17.3 Å². The van der Waals surface area contributed by atoms with Gasteiger partial charge in [0.2, 0.25) is 0 Å². The van der Waals surface area contributed by atoms with Crippen LogP contribution in [0.5, 0.6) is 5.75 Å². The van der Waals surface area contributed by atoms with Crippen molar-refractivity contribution < 1.29 is 9.15 Å². The van der Waals surface area contributed by atoms with Crippen molar-refractivity contribution in [1.82, 2.24) is 10.2 Å². The quantitative estimate of drug-likeness (QED) is 0.541. The minimum atomic E-state index is 0.479. The van der Waals surface area contributed by atoms with Crippen molar-refractivity contribution in [3.63, 3.8) is 0 Å². The van der Waals surface area contributed by atoms with Gasteiger partial charge >= 0.3 is 0 Å². The van der Waals surface area contributed by atoms with E-state index in [0.717, 1.165) is 21.5 Å². The third kappa shape index (κ3) is 4.14. The van der Waals surface area contributed by atoms with Crippen molar-refractivity contribution in [1.29, 1.82) is 0 Å². The Bertz CT molecular complexity index is 774. The van der Waals surface area contributed by atoms with E-state index in [0.29, 0.717) is 17.7 Å². The molecule has 0 amide bonds. The molecule has 1 aromatic heterocycles. The molecule has 0 radical (unpaired) electrons. The Morgan fingerprint density at radius 3 is 2.65 bits per heavy atom. The van der Waals surface area contributed by atoms with Crippen LogP contribution < -0.4 is 4.74 Å². The fraction of sp³-hybridized carbons (Fsp3) is 0.176. The normalized spacial score (nSPS) is 10.7. The summed E-state index contributed by atoms with van der Waals surface area (Å²) in [5, 5.41) is 8.79. The van der Waals surface area contributed by atoms with Gasteiger partial charge in [0, 0.05) is 10.2 Å². The largest absolute Gasteiger partial charge is 0.493 e. The first kappa shape index (κ1) is 16.1. The van der Waals surface area contributed by atoms with Gasteiger partial charge < -0.3 is 9.15 Å². The number of hydrogen-bond acceptors (Lipinski definition) is 5. The van der Waals surface area contributed by atoms with Crippen molar-refractivity contribution in [2.24, 2.45) is 0 Å². The van der Waals surface area contributed by atoms with Crippen molar-refractivity contribution in [3.05, 3.63) is 58.6 Å². The number of thioether (sulfide) groups is 1. The first-order valence-electron chi connectivity index (χ1n) is 7.19. The molecular formula is C17H15BrN2O2S. The Balaban J connectivity index is 1.72. The molecule has 118 valence electrons. The number of para-hydroxylation sites is 1. The predicted octanol–water partition coefficient (Wildman–Crippen LogP) is 5.19. The fourth-order valence-corrected chi connectivity index (χ4v) is 3.01. The number of hydrogen-bond donors (Lipinski definition) is 0. The van der Waals surface area contributed by atoms with Crippen LogP contribution in [0, 0.1) is 0 Å². The summed E-state index contributed by atoms with van der Waals surface area (Å²) in [7, 11) is 0. The Morgan fingerprint density at radius 1 is 1.09 bits per heavy atom. The van der Waals surface area contributed by atoms with Crippen LogP contribution in [0.15, 0.2) is 62.6 Å². The summed E-state index contributed by atoms with van der Waals surface area (Å²) < 4.78 is 12.4. The van der Waals surface area contributed by atoms with Crippen LogP contribution >= 0.6 is 27.7 Å². The molecule has 0 saturated heterocycles. The lowest BCUT2D eigenvalue weighted by Crippen LogP contribution is -1.93. The van der Waals surface area contributed by atoms with E-state index in [1.54, 1.807) is 0 Å². The van der Waals surface area contributed by atoms with E-state index < -0.39 is 0 Å². The topological polar surface area (TPSA) is 48.2 Å². The number of rotatable bonds is 6. The van der Waals surface area contributed by atoms with Gasteiger partial charge in [0.15, 0.2) is 0 Å². The molecule has 0 atom stereocenters. The molecule has 1 heterocycles. The summed E-state index contributed by atoms with van der Waals surface area (Å²) in [6.07, 6.45) is 0. The highest BCUT2D eigenvalue weighted by molar-refractivity contribution is 9.10. The van der Waals surface area contributed by atoms with Crippen LogP contribution in [0.4, 0.5) is 0 Å². The van der Waals surface area contributed by atoms with Crippen LogP contribution in [-0.2, 0) is 5.75 Å². The highest BCUT2D eigenvalue weighted by Gasteiger charge is 2.13. The summed E-state index contributed by atoms with van der Waals surface area (Å²) in [5.74, 6) is 2.01. The van der Waals surface area contributed by atoms with Gasteiger partial charge in [-0.1, -0.05) is 52.0 Å². The second-order valence-electron chi connectivity index (χ2n) is 4.72. The lowest BCUT2D eigenvalue weighted by Gasteiger charge is -2.06. The van der Waals surface area contributed by atoms with Crippen molar-refractivity contribution in [2.45, 2.75) is 17.9 Å². The summed E-state index contributed by atoms with van der Waals surface area (Å²) in [4.78, 5) is 0. The first-order chi connectivity index (χ1) is 11.3. The standard InChI is InChI=1S/C17H15BrN2O2S/c1-2-21-15-6-4-3-5-14(15)16-19-20-17(22-16)23-11-12-7-9-13(18)10-8-12/h3-10H,2,11H2,1H3. The van der Waals surface area contributed by atoms with Gasteiger partial charge in [-0.05, 0) is 36.8 Å². The van der Waals surface area contributed by atoms with E-state index in [9.17, 15) is 0 Å². The lowest BCUT2D eigenvalue weighted by atomic mass is 10.2.